The Bertz CT molecular complexity index is 299. The third-order valence-corrected chi connectivity index (χ3v) is 3.13. The van der Waals surface area contributed by atoms with Crippen LogP contribution in [0.3, 0.4) is 0 Å². The summed E-state index contributed by atoms with van der Waals surface area (Å²) in [6, 6.07) is 0. The van der Waals surface area contributed by atoms with Crippen molar-refractivity contribution in [1.82, 2.24) is 15.5 Å². The van der Waals surface area contributed by atoms with Crippen molar-refractivity contribution < 1.29 is 14.4 Å². The van der Waals surface area contributed by atoms with Gasteiger partial charge in [0.2, 0.25) is 11.8 Å². The van der Waals surface area contributed by atoms with E-state index in [4.69, 9.17) is 0 Å². The lowest BCUT2D eigenvalue weighted by atomic mass is 9.96. The maximum absolute atomic E-state index is 11.8. The molecule has 0 spiro atoms. The summed E-state index contributed by atoms with van der Waals surface area (Å²) in [5.74, 6) is -0.169. The molecule has 6 heteroatoms. The highest BCUT2D eigenvalue weighted by Gasteiger charge is 2.22. The smallest absolute Gasteiger partial charge is 0.224 e. The van der Waals surface area contributed by atoms with Gasteiger partial charge < -0.3 is 20.3 Å². The molecule has 1 rings (SSSR count). The molecule has 102 valence electrons. The second-order valence-electron chi connectivity index (χ2n) is 4.60. The number of piperidine rings is 1. The van der Waals surface area contributed by atoms with Crippen molar-refractivity contribution in [1.29, 1.82) is 0 Å². The first-order valence-corrected chi connectivity index (χ1v) is 6.30. The number of hydrogen-bond donors (Lipinski definition) is 2. The Morgan fingerprint density at radius 1 is 1.28 bits per heavy atom. The van der Waals surface area contributed by atoms with Crippen LogP contribution in [0.4, 0.5) is 0 Å². The molecular formula is C12H21N3O3. The van der Waals surface area contributed by atoms with E-state index in [-0.39, 0.29) is 37.2 Å². The van der Waals surface area contributed by atoms with E-state index in [1.165, 1.54) is 0 Å². The largest absolute Gasteiger partial charge is 0.339 e. The lowest BCUT2D eigenvalue weighted by Crippen LogP contribution is -2.43. The van der Waals surface area contributed by atoms with E-state index in [9.17, 15) is 14.4 Å². The summed E-state index contributed by atoms with van der Waals surface area (Å²) in [4.78, 5) is 35.2. The molecule has 2 amide bonds. The Morgan fingerprint density at radius 2 is 1.94 bits per heavy atom. The van der Waals surface area contributed by atoms with Crippen molar-refractivity contribution in [3.05, 3.63) is 0 Å². The van der Waals surface area contributed by atoms with Crippen LogP contribution in [0.25, 0.3) is 0 Å². The van der Waals surface area contributed by atoms with Crippen molar-refractivity contribution in [2.45, 2.75) is 25.7 Å². The van der Waals surface area contributed by atoms with Gasteiger partial charge in [-0.3, -0.25) is 9.59 Å². The second-order valence-corrected chi connectivity index (χ2v) is 4.60. The summed E-state index contributed by atoms with van der Waals surface area (Å²) >= 11 is 0. The van der Waals surface area contributed by atoms with Crippen LogP contribution in [0.2, 0.25) is 0 Å². The Hall–Kier alpha value is -1.43. The van der Waals surface area contributed by atoms with Gasteiger partial charge in [0.05, 0.1) is 6.67 Å². The van der Waals surface area contributed by atoms with Gasteiger partial charge in [-0.1, -0.05) is 0 Å². The van der Waals surface area contributed by atoms with Gasteiger partial charge in [0.25, 0.3) is 0 Å². The first-order chi connectivity index (χ1) is 8.63. The standard InChI is InChI=1S/C12H21N3O3/c1-15-6-4-10(5-7-15)12(18)14-9-13-11(17)3-2-8-16/h8,10H,2-7,9H2,1H3,(H,13,17)(H,14,18). The highest BCUT2D eigenvalue weighted by Crippen LogP contribution is 2.15. The zero-order chi connectivity index (χ0) is 13.4. The molecule has 1 heterocycles. The van der Waals surface area contributed by atoms with E-state index in [0.717, 1.165) is 25.9 Å². The summed E-state index contributed by atoms with van der Waals surface area (Å²) in [7, 11) is 2.04. The molecule has 1 saturated heterocycles. The number of hydrogen-bond acceptors (Lipinski definition) is 4. The molecule has 1 aliphatic rings. The fraction of sp³-hybridized carbons (Fsp3) is 0.750. The van der Waals surface area contributed by atoms with Gasteiger partial charge >= 0.3 is 0 Å². The molecule has 0 bridgehead atoms. The highest BCUT2D eigenvalue weighted by atomic mass is 16.2. The zero-order valence-electron chi connectivity index (χ0n) is 10.8. The third-order valence-electron chi connectivity index (χ3n) is 3.13. The van der Waals surface area contributed by atoms with E-state index in [1.54, 1.807) is 0 Å². The number of carbonyl (C=O) groups is 3. The van der Waals surface area contributed by atoms with Gasteiger partial charge in [0.1, 0.15) is 6.29 Å². The minimum atomic E-state index is -0.217. The lowest BCUT2D eigenvalue weighted by Gasteiger charge is -2.28. The van der Waals surface area contributed by atoms with E-state index >= 15 is 0 Å². The van der Waals surface area contributed by atoms with Crippen LogP contribution in [0.1, 0.15) is 25.7 Å². The molecule has 0 unspecified atom stereocenters. The molecule has 0 atom stereocenters. The van der Waals surface area contributed by atoms with E-state index in [2.05, 4.69) is 15.5 Å². The zero-order valence-corrected chi connectivity index (χ0v) is 10.8. The number of carbonyl (C=O) groups excluding carboxylic acids is 3. The van der Waals surface area contributed by atoms with Crippen LogP contribution >= 0.6 is 0 Å². The van der Waals surface area contributed by atoms with Gasteiger partial charge in [-0.25, -0.2) is 0 Å². The molecule has 0 saturated carbocycles. The molecular weight excluding hydrogens is 234 g/mol. The summed E-state index contributed by atoms with van der Waals surface area (Å²) in [6.45, 7) is 2.01. The third kappa shape index (κ3) is 5.27. The van der Waals surface area contributed by atoms with Crippen molar-refractivity contribution in [2.24, 2.45) is 5.92 Å². The normalized spacial score (nSPS) is 17.2. The maximum atomic E-state index is 11.8. The first kappa shape index (κ1) is 14.6. The van der Waals surface area contributed by atoms with Crippen molar-refractivity contribution >= 4 is 18.1 Å². The van der Waals surface area contributed by atoms with Crippen molar-refractivity contribution in [3.8, 4) is 0 Å². The van der Waals surface area contributed by atoms with Crippen LogP contribution in [-0.4, -0.2) is 49.8 Å². The summed E-state index contributed by atoms with van der Waals surface area (Å²) < 4.78 is 0. The highest BCUT2D eigenvalue weighted by molar-refractivity contribution is 5.80. The van der Waals surface area contributed by atoms with Crippen LogP contribution in [0, 0.1) is 5.92 Å². The molecule has 1 fully saturated rings. The molecule has 6 nitrogen and oxygen atoms in total. The van der Waals surface area contributed by atoms with E-state index < -0.39 is 0 Å². The molecule has 1 aliphatic heterocycles. The fourth-order valence-electron chi connectivity index (χ4n) is 1.92. The quantitative estimate of drug-likeness (QED) is 0.495. The van der Waals surface area contributed by atoms with Crippen LogP contribution in [-0.2, 0) is 14.4 Å². The second kappa shape index (κ2) is 7.81. The SMILES string of the molecule is CN1CCC(C(=O)NCNC(=O)CCC=O)CC1. The Labute approximate surface area is 107 Å². The number of nitrogens with zero attached hydrogens (tertiary/aromatic N) is 1. The summed E-state index contributed by atoms with van der Waals surface area (Å²) in [6.07, 6.45) is 2.82. The molecule has 0 aromatic carbocycles. The lowest BCUT2D eigenvalue weighted by molar-refractivity contribution is -0.127. The average molecular weight is 255 g/mol. The molecule has 0 aromatic heterocycles. The first-order valence-electron chi connectivity index (χ1n) is 6.30. The number of nitrogens with one attached hydrogen (secondary N) is 2. The molecule has 18 heavy (non-hydrogen) atoms. The number of aldehydes is 1. The number of rotatable bonds is 6. The van der Waals surface area contributed by atoms with Gasteiger partial charge in [-0.05, 0) is 33.0 Å². The predicted molar refractivity (Wildman–Crippen MR) is 66.7 cm³/mol. The van der Waals surface area contributed by atoms with Crippen LogP contribution in [0.5, 0.6) is 0 Å². The Morgan fingerprint density at radius 3 is 2.56 bits per heavy atom. The average Bonchev–Trinajstić information content (AvgIpc) is 2.37. The van der Waals surface area contributed by atoms with E-state index in [1.807, 2.05) is 7.05 Å². The minimum Gasteiger partial charge on any atom is -0.339 e. The number of likely N-dealkylation sites (tertiary alicyclic amines) is 1. The molecule has 0 aliphatic carbocycles. The fourth-order valence-corrected chi connectivity index (χ4v) is 1.92. The van der Waals surface area contributed by atoms with E-state index in [0.29, 0.717) is 6.29 Å². The number of amides is 2. The minimum absolute atomic E-state index is 0.00112. The van der Waals surface area contributed by atoms with Gasteiger partial charge in [-0.15, -0.1) is 0 Å². The molecule has 2 N–H and O–H groups in total. The van der Waals surface area contributed by atoms with Gasteiger partial charge in [0.15, 0.2) is 0 Å². The predicted octanol–water partition coefficient (Wildman–Crippen LogP) is -0.503. The van der Waals surface area contributed by atoms with Crippen LogP contribution in [0.15, 0.2) is 0 Å². The van der Waals surface area contributed by atoms with Crippen molar-refractivity contribution in [2.75, 3.05) is 26.8 Å². The molecule has 0 aromatic rings. The molecule has 0 radical (unpaired) electrons. The maximum Gasteiger partial charge on any atom is 0.224 e. The monoisotopic (exact) mass is 255 g/mol. The van der Waals surface area contributed by atoms with Crippen LogP contribution < -0.4 is 10.6 Å². The summed E-state index contributed by atoms with van der Waals surface area (Å²) in [5, 5.41) is 5.25. The van der Waals surface area contributed by atoms with Crippen molar-refractivity contribution in [3.63, 3.8) is 0 Å². The Balaban J connectivity index is 2.13. The van der Waals surface area contributed by atoms with Gasteiger partial charge in [-0.2, -0.15) is 0 Å². The topological polar surface area (TPSA) is 78.5 Å². The Kier molecular flexibility index (Phi) is 6.35. The van der Waals surface area contributed by atoms with Gasteiger partial charge in [0, 0.05) is 18.8 Å². The summed E-state index contributed by atoms with van der Waals surface area (Å²) in [5.41, 5.74) is 0.